The van der Waals surface area contributed by atoms with Crippen molar-refractivity contribution in [2.75, 3.05) is 31.5 Å². The fourth-order valence-corrected chi connectivity index (χ4v) is 3.74. The van der Waals surface area contributed by atoms with Crippen LogP contribution in [-0.2, 0) is 4.79 Å². The Bertz CT molecular complexity index is 490. The maximum absolute atomic E-state index is 12.3. The highest BCUT2D eigenvalue weighted by Gasteiger charge is 2.23. The predicted molar refractivity (Wildman–Crippen MR) is 93.6 cm³/mol. The molecule has 0 bridgehead atoms. The third-order valence-corrected chi connectivity index (χ3v) is 4.76. The van der Waals surface area contributed by atoms with Crippen molar-refractivity contribution < 1.29 is 4.79 Å². The Hall–Kier alpha value is -0.430. The number of carbonyl (C=O) groups is 1. The molecule has 0 aromatic heterocycles. The Morgan fingerprint density at radius 2 is 2.29 bits per heavy atom. The normalized spacial score (nSPS) is 18.2. The minimum atomic E-state index is 0.0402. The molecule has 1 fully saturated rings. The van der Waals surface area contributed by atoms with Gasteiger partial charge in [0.2, 0.25) is 5.91 Å². The molecular formula is C15H21Br2N3O. The molecule has 0 radical (unpaired) electrons. The Morgan fingerprint density at radius 3 is 2.90 bits per heavy atom. The summed E-state index contributed by atoms with van der Waals surface area (Å²) in [6, 6.07) is 6.22. The van der Waals surface area contributed by atoms with E-state index >= 15 is 0 Å². The highest BCUT2D eigenvalue weighted by molar-refractivity contribution is 9.11. The van der Waals surface area contributed by atoms with E-state index in [4.69, 9.17) is 0 Å². The monoisotopic (exact) mass is 417 g/mol. The first-order valence-corrected chi connectivity index (χ1v) is 8.88. The van der Waals surface area contributed by atoms with Gasteiger partial charge >= 0.3 is 0 Å². The van der Waals surface area contributed by atoms with Crippen molar-refractivity contribution in [1.82, 2.24) is 10.2 Å². The zero-order valence-corrected chi connectivity index (χ0v) is 15.3. The van der Waals surface area contributed by atoms with Gasteiger partial charge in [0.1, 0.15) is 0 Å². The molecule has 1 aliphatic rings. The van der Waals surface area contributed by atoms with E-state index in [9.17, 15) is 4.79 Å². The summed E-state index contributed by atoms with van der Waals surface area (Å²) < 4.78 is 1.87. The number of amides is 1. The molecule has 0 saturated carbocycles. The summed E-state index contributed by atoms with van der Waals surface area (Å²) in [6.07, 6.45) is 2.18. The van der Waals surface area contributed by atoms with Crippen LogP contribution in [0.1, 0.15) is 19.8 Å². The first-order valence-electron chi connectivity index (χ1n) is 7.30. The minimum Gasteiger partial charge on any atom is -0.324 e. The topological polar surface area (TPSA) is 44.4 Å². The fourth-order valence-electron chi connectivity index (χ4n) is 2.59. The molecule has 1 amide bonds. The zero-order chi connectivity index (χ0) is 15.2. The van der Waals surface area contributed by atoms with Crippen LogP contribution in [0.15, 0.2) is 27.1 Å². The molecule has 1 heterocycles. The SMILES string of the molecule is CCCN(CC(=O)Nc1ccc(Br)cc1Br)C1CCNC1. The van der Waals surface area contributed by atoms with Crippen LogP contribution < -0.4 is 10.6 Å². The van der Waals surface area contributed by atoms with Gasteiger partial charge in [-0.2, -0.15) is 0 Å². The molecule has 1 aliphatic heterocycles. The summed E-state index contributed by atoms with van der Waals surface area (Å²) in [5.41, 5.74) is 0.809. The molecule has 1 aromatic carbocycles. The number of hydrogen-bond acceptors (Lipinski definition) is 3. The number of halogens is 2. The Labute approximate surface area is 142 Å². The molecule has 6 heteroatoms. The number of nitrogens with zero attached hydrogens (tertiary/aromatic N) is 1. The van der Waals surface area contributed by atoms with Crippen LogP contribution in [-0.4, -0.2) is 43.0 Å². The fraction of sp³-hybridized carbons (Fsp3) is 0.533. The largest absolute Gasteiger partial charge is 0.324 e. The standard InChI is InChI=1S/C15H21Br2N3O/c1-2-7-20(12-5-6-18-9-12)10-15(21)19-14-4-3-11(16)8-13(14)17/h3-4,8,12,18H,2,5-7,9-10H2,1H3,(H,19,21). The summed E-state index contributed by atoms with van der Waals surface area (Å²) in [5, 5.41) is 6.34. The van der Waals surface area contributed by atoms with Gasteiger partial charge in [-0.1, -0.05) is 22.9 Å². The second kappa shape index (κ2) is 8.27. The number of nitrogens with one attached hydrogen (secondary N) is 2. The van der Waals surface area contributed by atoms with Crippen molar-refractivity contribution in [3.8, 4) is 0 Å². The van der Waals surface area contributed by atoms with E-state index in [1.165, 1.54) is 0 Å². The highest BCUT2D eigenvalue weighted by Crippen LogP contribution is 2.26. The molecule has 116 valence electrons. The Balaban J connectivity index is 1.95. The lowest BCUT2D eigenvalue weighted by Gasteiger charge is -2.27. The number of carbonyl (C=O) groups excluding carboxylic acids is 1. The minimum absolute atomic E-state index is 0.0402. The molecular weight excluding hydrogens is 398 g/mol. The summed E-state index contributed by atoms with van der Waals surface area (Å²) in [4.78, 5) is 14.6. The molecule has 1 saturated heterocycles. The molecule has 2 rings (SSSR count). The van der Waals surface area contributed by atoms with E-state index in [1.54, 1.807) is 0 Å². The summed E-state index contributed by atoms with van der Waals surface area (Å²) in [7, 11) is 0. The van der Waals surface area contributed by atoms with Crippen molar-refractivity contribution >= 4 is 43.5 Å². The van der Waals surface area contributed by atoms with E-state index in [2.05, 4.69) is 54.3 Å². The summed E-state index contributed by atoms with van der Waals surface area (Å²) in [6.45, 7) is 5.59. The van der Waals surface area contributed by atoms with Crippen LogP contribution in [0.25, 0.3) is 0 Å². The van der Waals surface area contributed by atoms with Gasteiger partial charge in [-0.15, -0.1) is 0 Å². The molecule has 2 N–H and O–H groups in total. The van der Waals surface area contributed by atoms with Crippen molar-refractivity contribution in [2.45, 2.75) is 25.8 Å². The summed E-state index contributed by atoms with van der Waals surface area (Å²) >= 11 is 6.88. The number of rotatable bonds is 6. The van der Waals surface area contributed by atoms with Crippen molar-refractivity contribution in [3.63, 3.8) is 0 Å². The second-order valence-corrected chi connectivity index (χ2v) is 7.06. The predicted octanol–water partition coefficient (Wildman–Crippen LogP) is 3.22. The van der Waals surface area contributed by atoms with Crippen LogP contribution in [0, 0.1) is 0 Å². The van der Waals surface area contributed by atoms with Gasteiger partial charge in [-0.3, -0.25) is 9.69 Å². The lowest BCUT2D eigenvalue weighted by molar-refractivity contribution is -0.117. The number of anilines is 1. The third kappa shape index (κ3) is 5.06. The number of benzene rings is 1. The van der Waals surface area contributed by atoms with Crippen LogP contribution in [0.2, 0.25) is 0 Å². The van der Waals surface area contributed by atoms with E-state index in [0.717, 1.165) is 47.1 Å². The van der Waals surface area contributed by atoms with Gasteiger partial charge in [0.25, 0.3) is 0 Å². The average molecular weight is 419 g/mol. The van der Waals surface area contributed by atoms with Crippen LogP contribution in [0.3, 0.4) is 0 Å². The molecule has 4 nitrogen and oxygen atoms in total. The maximum atomic E-state index is 12.3. The van der Waals surface area contributed by atoms with Crippen LogP contribution in [0.5, 0.6) is 0 Å². The van der Waals surface area contributed by atoms with Crippen molar-refractivity contribution in [1.29, 1.82) is 0 Å². The smallest absolute Gasteiger partial charge is 0.238 e. The van der Waals surface area contributed by atoms with Crippen LogP contribution in [0.4, 0.5) is 5.69 Å². The molecule has 0 aliphatic carbocycles. The summed E-state index contributed by atoms with van der Waals surface area (Å²) in [5.74, 6) is 0.0402. The van der Waals surface area contributed by atoms with E-state index < -0.39 is 0 Å². The molecule has 21 heavy (non-hydrogen) atoms. The first-order chi connectivity index (χ1) is 10.1. The van der Waals surface area contributed by atoms with Gasteiger partial charge < -0.3 is 10.6 Å². The quantitative estimate of drug-likeness (QED) is 0.745. The lowest BCUT2D eigenvalue weighted by Crippen LogP contribution is -2.42. The van der Waals surface area contributed by atoms with E-state index in [-0.39, 0.29) is 5.91 Å². The molecule has 1 unspecified atom stereocenters. The van der Waals surface area contributed by atoms with Gasteiger partial charge in [0.05, 0.1) is 12.2 Å². The zero-order valence-electron chi connectivity index (χ0n) is 12.2. The lowest BCUT2D eigenvalue weighted by atomic mass is 10.2. The average Bonchev–Trinajstić information content (AvgIpc) is 2.95. The maximum Gasteiger partial charge on any atom is 0.238 e. The highest BCUT2D eigenvalue weighted by atomic mass is 79.9. The second-order valence-electron chi connectivity index (χ2n) is 5.29. The molecule has 1 atom stereocenters. The van der Waals surface area contributed by atoms with Gasteiger partial charge in [-0.25, -0.2) is 0 Å². The molecule has 0 spiro atoms. The molecule has 1 aromatic rings. The number of hydrogen-bond donors (Lipinski definition) is 2. The van der Waals surface area contributed by atoms with Gasteiger partial charge in [0.15, 0.2) is 0 Å². The van der Waals surface area contributed by atoms with Gasteiger partial charge in [0, 0.05) is 21.5 Å². The van der Waals surface area contributed by atoms with Crippen molar-refractivity contribution in [3.05, 3.63) is 27.1 Å². The van der Waals surface area contributed by atoms with E-state index in [1.807, 2.05) is 18.2 Å². The van der Waals surface area contributed by atoms with E-state index in [0.29, 0.717) is 12.6 Å². The Morgan fingerprint density at radius 1 is 1.48 bits per heavy atom. The van der Waals surface area contributed by atoms with Crippen molar-refractivity contribution in [2.24, 2.45) is 0 Å². The Kier molecular flexibility index (Phi) is 6.67. The first kappa shape index (κ1) is 16.9. The third-order valence-electron chi connectivity index (χ3n) is 3.61. The van der Waals surface area contributed by atoms with Crippen LogP contribution >= 0.6 is 31.9 Å². The van der Waals surface area contributed by atoms with Gasteiger partial charge in [-0.05, 0) is 60.1 Å².